The lowest BCUT2D eigenvalue weighted by Crippen LogP contribution is -2.41. The predicted molar refractivity (Wildman–Crippen MR) is 116 cm³/mol. The number of amides is 1. The van der Waals surface area contributed by atoms with Gasteiger partial charge in [0, 0.05) is 18.2 Å². The first-order valence-corrected chi connectivity index (χ1v) is 11.7. The fraction of sp³-hybridized carbons (Fsp3) is 0.364. The summed E-state index contributed by atoms with van der Waals surface area (Å²) in [6.07, 6.45) is 2.80. The molecule has 1 aliphatic rings. The largest absolute Gasteiger partial charge is 0.342 e. The number of aromatic amines is 1. The Morgan fingerprint density at radius 1 is 1.17 bits per heavy atom. The number of benzene rings is 2. The smallest absolute Gasteiger partial charge is 0.251 e. The lowest BCUT2D eigenvalue weighted by Gasteiger charge is -2.32. The van der Waals surface area contributed by atoms with Crippen LogP contribution in [0.2, 0.25) is 0 Å². The van der Waals surface area contributed by atoms with E-state index >= 15 is 0 Å². The molecule has 0 saturated carbocycles. The van der Waals surface area contributed by atoms with Gasteiger partial charge in [-0.2, -0.15) is 4.31 Å². The third-order valence-corrected chi connectivity index (χ3v) is 7.66. The lowest BCUT2D eigenvalue weighted by molar-refractivity contribution is 0.0938. The number of nitrogens with zero attached hydrogens (tertiary/aromatic N) is 2. The number of para-hydroxylation sites is 2. The Balaban J connectivity index is 1.47. The number of sulfonamides is 1. The zero-order chi connectivity index (χ0) is 21.3. The maximum Gasteiger partial charge on any atom is 0.251 e. The number of rotatable bonds is 5. The van der Waals surface area contributed by atoms with Gasteiger partial charge in [-0.1, -0.05) is 18.6 Å². The van der Waals surface area contributed by atoms with Crippen molar-refractivity contribution in [1.29, 1.82) is 0 Å². The fourth-order valence-corrected chi connectivity index (χ4v) is 5.57. The number of aromatic nitrogens is 2. The summed E-state index contributed by atoms with van der Waals surface area (Å²) in [6.45, 7) is 4.34. The topological polar surface area (TPSA) is 95.2 Å². The van der Waals surface area contributed by atoms with Gasteiger partial charge in [0.1, 0.15) is 5.82 Å². The molecule has 3 aromatic rings. The molecule has 8 heteroatoms. The standard InChI is InChI=1S/C22H26N4O3S/c1-15-7-5-6-14-26(15)30(28,29)18-12-10-17(11-13-18)22(27)23-16(2)21-24-19-8-3-4-9-20(19)25-21/h3-4,8-13,15-16H,5-7,14H2,1-2H3,(H,23,27)(H,24,25). The Labute approximate surface area is 176 Å². The quantitative estimate of drug-likeness (QED) is 0.651. The minimum Gasteiger partial charge on any atom is -0.342 e. The van der Waals surface area contributed by atoms with Crippen LogP contribution in [0, 0.1) is 0 Å². The highest BCUT2D eigenvalue weighted by atomic mass is 32.2. The average Bonchev–Trinajstić information content (AvgIpc) is 3.18. The second-order valence-electron chi connectivity index (χ2n) is 7.82. The Morgan fingerprint density at radius 3 is 2.60 bits per heavy atom. The van der Waals surface area contributed by atoms with E-state index in [-0.39, 0.29) is 22.9 Å². The number of piperidine rings is 1. The fourth-order valence-electron chi connectivity index (χ4n) is 3.87. The van der Waals surface area contributed by atoms with Gasteiger partial charge in [-0.3, -0.25) is 4.79 Å². The molecule has 2 N–H and O–H groups in total. The zero-order valence-electron chi connectivity index (χ0n) is 17.1. The van der Waals surface area contributed by atoms with Gasteiger partial charge in [-0.25, -0.2) is 13.4 Å². The highest BCUT2D eigenvalue weighted by Gasteiger charge is 2.31. The van der Waals surface area contributed by atoms with Gasteiger partial charge in [-0.15, -0.1) is 0 Å². The van der Waals surface area contributed by atoms with Gasteiger partial charge >= 0.3 is 0 Å². The van der Waals surface area contributed by atoms with Crippen molar-refractivity contribution in [2.45, 2.75) is 50.1 Å². The molecule has 0 bridgehead atoms. The molecule has 2 heterocycles. The van der Waals surface area contributed by atoms with Crippen LogP contribution in [0.3, 0.4) is 0 Å². The molecule has 1 aromatic heterocycles. The average molecular weight is 427 g/mol. The monoisotopic (exact) mass is 426 g/mol. The summed E-state index contributed by atoms with van der Waals surface area (Å²) in [5.74, 6) is 0.390. The molecule has 2 aromatic carbocycles. The van der Waals surface area contributed by atoms with Crippen molar-refractivity contribution in [3.05, 3.63) is 59.9 Å². The van der Waals surface area contributed by atoms with Crippen LogP contribution in [0.5, 0.6) is 0 Å². The molecule has 1 fully saturated rings. The summed E-state index contributed by atoms with van der Waals surface area (Å²) in [4.78, 5) is 20.6. The second kappa shape index (κ2) is 8.20. The van der Waals surface area contributed by atoms with Crippen LogP contribution >= 0.6 is 0 Å². The second-order valence-corrected chi connectivity index (χ2v) is 9.71. The lowest BCUT2D eigenvalue weighted by atomic mass is 10.1. The van der Waals surface area contributed by atoms with E-state index in [4.69, 9.17) is 0 Å². The summed E-state index contributed by atoms with van der Waals surface area (Å²) < 4.78 is 27.4. The number of fused-ring (bicyclic) bond motifs is 1. The molecular weight excluding hydrogens is 400 g/mol. The normalized spacial score (nSPS) is 18.9. The molecule has 30 heavy (non-hydrogen) atoms. The summed E-state index contributed by atoms with van der Waals surface area (Å²) in [6, 6.07) is 13.5. The highest BCUT2D eigenvalue weighted by molar-refractivity contribution is 7.89. The van der Waals surface area contributed by atoms with Crippen LogP contribution < -0.4 is 5.32 Å². The first-order valence-electron chi connectivity index (χ1n) is 10.2. The van der Waals surface area contributed by atoms with Crippen molar-refractivity contribution in [1.82, 2.24) is 19.6 Å². The molecule has 1 saturated heterocycles. The van der Waals surface area contributed by atoms with Crippen LogP contribution in [0.1, 0.15) is 55.3 Å². The Morgan fingerprint density at radius 2 is 1.90 bits per heavy atom. The Bertz CT molecular complexity index is 1120. The van der Waals surface area contributed by atoms with E-state index in [2.05, 4.69) is 15.3 Å². The van der Waals surface area contributed by atoms with E-state index in [1.54, 1.807) is 16.4 Å². The molecule has 7 nitrogen and oxygen atoms in total. The van der Waals surface area contributed by atoms with E-state index in [9.17, 15) is 13.2 Å². The number of nitrogens with one attached hydrogen (secondary N) is 2. The molecule has 2 unspecified atom stereocenters. The molecule has 1 aliphatic heterocycles. The minimum atomic E-state index is -3.55. The molecule has 4 rings (SSSR count). The summed E-state index contributed by atoms with van der Waals surface area (Å²) in [5, 5.41) is 2.91. The van der Waals surface area contributed by atoms with Gasteiger partial charge in [0.15, 0.2) is 0 Å². The van der Waals surface area contributed by atoms with E-state index in [1.165, 1.54) is 12.1 Å². The van der Waals surface area contributed by atoms with Gasteiger partial charge in [0.25, 0.3) is 5.91 Å². The van der Waals surface area contributed by atoms with Crippen molar-refractivity contribution in [2.24, 2.45) is 0 Å². The van der Waals surface area contributed by atoms with Crippen LogP contribution in [0.4, 0.5) is 0 Å². The third-order valence-electron chi connectivity index (χ3n) is 5.63. The van der Waals surface area contributed by atoms with E-state index < -0.39 is 10.0 Å². The van der Waals surface area contributed by atoms with Gasteiger partial charge in [0.2, 0.25) is 10.0 Å². The molecule has 2 atom stereocenters. The van der Waals surface area contributed by atoms with Crippen molar-refractivity contribution in [3.63, 3.8) is 0 Å². The maximum atomic E-state index is 12.9. The molecule has 0 aliphatic carbocycles. The molecule has 158 valence electrons. The van der Waals surface area contributed by atoms with Crippen molar-refractivity contribution in [3.8, 4) is 0 Å². The van der Waals surface area contributed by atoms with E-state index in [1.807, 2.05) is 38.1 Å². The third kappa shape index (κ3) is 3.97. The van der Waals surface area contributed by atoms with Crippen LogP contribution in [-0.2, 0) is 10.0 Å². The number of hydrogen-bond donors (Lipinski definition) is 2. The molecule has 1 amide bonds. The number of carbonyl (C=O) groups is 1. The molecule has 0 spiro atoms. The van der Waals surface area contributed by atoms with Crippen molar-refractivity contribution in [2.75, 3.05) is 6.54 Å². The Hall–Kier alpha value is -2.71. The Kier molecular flexibility index (Phi) is 5.62. The van der Waals surface area contributed by atoms with Gasteiger partial charge in [0.05, 0.1) is 22.0 Å². The summed E-state index contributed by atoms with van der Waals surface area (Å²) in [7, 11) is -3.55. The van der Waals surface area contributed by atoms with Crippen LogP contribution in [-0.4, -0.2) is 41.2 Å². The number of hydrogen-bond acceptors (Lipinski definition) is 4. The van der Waals surface area contributed by atoms with E-state index in [0.29, 0.717) is 17.9 Å². The zero-order valence-corrected chi connectivity index (χ0v) is 17.9. The summed E-state index contributed by atoms with van der Waals surface area (Å²) >= 11 is 0. The summed E-state index contributed by atoms with van der Waals surface area (Å²) in [5.41, 5.74) is 2.16. The highest BCUT2D eigenvalue weighted by Crippen LogP contribution is 2.25. The number of carbonyl (C=O) groups excluding carboxylic acids is 1. The van der Waals surface area contributed by atoms with Crippen molar-refractivity contribution < 1.29 is 13.2 Å². The molecular formula is C22H26N4O3S. The minimum absolute atomic E-state index is 0.00335. The number of H-pyrrole nitrogens is 1. The molecule has 0 radical (unpaired) electrons. The first-order chi connectivity index (χ1) is 14.4. The van der Waals surface area contributed by atoms with Gasteiger partial charge < -0.3 is 10.3 Å². The van der Waals surface area contributed by atoms with Gasteiger partial charge in [-0.05, 0) is 63.1 Å². The predicted octanol–water partition coefficient (Wildman–Crippen LogP) is 3.62. The maximum absolute atomic E-state index is 12.9. The number of imidazole rings is 1. The first kappa shape index (κ1) is 20.6. The van der Waals surface area contributed by atoms with E-state index in [0.717, 1.165) is 30.3 Å². The van der Waals surface area contributed by atoms with Crippen LogP contribution in [0.25, 0.3) is 11.0 Å². The van der Waals surface area contributed by atoms with Crippen LogP contribution in [0.15, 0.2) is 53.4 Å². The van der Waals surface area contributed by atoms with Crippen molar-refractivity contribution >= 4 is 27.0 Å². The SMILES string of the molecule is CC(NC(=O)c1ccc(S(=O)(=O)N2CCCCC2C)cc1)c1nc2ccccc2[nH]1.